The molecule has 0 aliphatic rings. The van der Waals surface area contributed by atoms with Gasteiger partial charge in [-0.3, -0.25) is 4.72 Å². The number of halogens is 2. The van der Waals surface area contributed by atoms with Crippen LogP contribution in [0.25, 0.3) is 0 Å². The van der Waals surface area contributed by atoms with Crippen molar-refractivity contribution in [3.8, 4) is 0 Å². The van der Waals surface area contributed by atoms with Crippen LogP contribution >= 0.6 is 0 Å². The first kappa shape index (κ1) is 14.3. The first-order valence-electron chi connectivity index (χ1n) is 5.64. The number of benzene rings is 2. The Hall–Kier alpha value is -2.15. The van der Waals surface area contributed by atoms with Crippen LogP contribution in [0.4, 0.5) is 20.2 Å². The molecule has 0 radical (unpaired) electrons. The lowest BCUT2D eigenvalue weighted by molar-refractivity contribution is 0.582. The molecule has 0 fully saturated rings. The van der Waals surface area contributed by atoms with E-state index in [1.807, 2.05) is 4.72 Å². The van der Waals surface area contributed by atoms with Crippen molar-refractivity contribution < 1.29 is 17.2 Å². The molecule has 0 unspecified atom stereocenters. The van der Waals surface area contributed by atoms with Crippen LogP contribution in [-0.2, 0) is 10.0 Å². The van der Waals surface area contributed by atoms with Crippen LogP contribution in [0.1, 0.15) is 5.56 Å². The molecule has 2 rings (SSSR count). The summed E-state index contributed by atoms with van der Waals surface area (Å²) in [5.41, 5.74) is 5.62. The molecule has 20 heavy (non-hydrogen) atoms. The summed E-state index contributed by atoms with van der Waals surface area (Å²) in [5.74, 6) is -1.97. The smallest absolute Gasteiger partial charge is 0.262 e. The van der Waals surface area contributed by atoms with E-state index >= 15 is 0 Å². The van der Waals surface area contributed by atoms with E-state index in [1.165, 1.54) is 18.2 Å². The van der Waals surface area contributed by atoms with Gasteiger partial charge in [-0.05, 0) is 42.8 Å². The Morgan fingerprint density at radius 2 is 1.70 bits per heavy atom. The average Bonchev–Trinajstić information content (AvgIpc) is 2.33. The molecule has 0 aliphatic heterocycles. The van der Waals surface area contributed by atoms with Crippen molar-refractivity contribution in [1.29, 1.82) is 0 Å². The molecular weight excluding hydrogens is 286 g/mol. The number of nitrogens with one attached hydrogen (secondary N) is 1. The number of aryl methyl sites for hydroxylation is 1. The zero-order valence-corrected chi connectivity index (χ0v) is 11.3. The van der Waals surface area contributed by atoms with Gasteiger partial charge in [0.25, 0.3) is 10.0 Å². The number of anilines is 2. The predicted octanol–water partition coefficient (Wildman–Crippen LogP) is 2.66. The highest BCUT2D eigenvalue weighted by Gasteiger charge is 2.20. The Morgan fingerprint density at radius 1 is 1.10 bits per heavy atom. The van der Waals surface area contributed by atoms with E-state index in [0.717, 1.165) is 18.2 Å². The fourth-order valence-electron chi connectivity index (χ4n) is 1.76. The molecule has 0 heterocycles. The largest absolute Gasteiger partial charge is 0.399 e. The van der Waals surface area contributed by atoms with Gasteiger partial charge in [-0.1, -0.05) is 6.07 Å². The molecule has 7 heteroatoms. The summed E-state index contributed by atoms with van der Waals surface area (Å²) in [6.45, 7) is 1.54. The van der Waals surface area contributed by atoms with Gasteiger partial charge < -0.3 is 5.73 Å². The lowest BCUT2D eigenvalue weighted by Gasteiger charge is -2.12. The molecule has 106 valence electrons. The fourth-order valence-corrected chi connectivity index (χ4v) is 3.06. The third-order valence-electron chi connectivity index (χ3n) is 2.69. The highest BCUT2D eigenvalue weighted by Crippen LogP contribution is 2.24. The zero-order valence-electron chi connectivity index (χ0n) is 10.5. The lowest BCUT2D eigenvalue weighted by atomic mass is 10.2. The molecule has 3 N–H and O–H groups in total. The third-order valence-corrected chi connectivity index (χ3v) is 4.20. The van der Waals surface area contributed by atoms with Crippen LogP contribution in [0.15, 0.2) is 41.3 Å². The van der Waals surface area contributed by atoms with Crippen LogP contribution in [-0.4, -0.2) is 8.42 Å². The summed E-state index contributed by atoms with van der Waals surface area (Å²) >= 11 is 0. The summed E-state index contributed by atoms with van der Waals surface area (Å²) in [6, 6.07) is 7.24. The van der Waals surface area contributed by atoms with Crippen LogP contribution < -0.4 is 10.5 Å². The molecule has 2 aromatic carbocycles. The van der Waals surface area contributed by atoms with E-state index in [2.05, 4.69) is 0 Å². The van der Waals surface area contributed by atoms with Crippen molar-refractivity contribution in [2.24, 2.45) is 0 Å². The number of hydrogen-bond acceptors (Lipinski definition) is 3. The van der Waals surface area contributed by atoms with Gasteiger partial charge in [0.2, 0.25) is 0 Å². The van der Waals surface area contributed by atoms with Crippen molar-refractivity contribution in [1.82, 2.24) is 0 Å². The Balaban J connectivity index is 2.46. The minimum absolute atomic E-state index is 0.0886. The van der Waals surface area contributed by atoms with Crippen LogP contribution in [0, 0.1) is 18.6 Å². The van der Waals surface area contributed by atoms with E-state index in [-0.39, 0.29) is 4.90 Å². The maximum atomic E-state index is 13.5. The van der Waals surface area contributed by atoms with Gasteiger partial charge in [0, 0.05) is 5.69 Å². The molecule has 4 nitrogen and oxygen atoms in total. The second-order valence-electron chi connectivity index (χ2n) is 4.23. The first-order chi connectivity index (χ1) is 9.31. The number of sulfonamides is 1. The summed E-state index contributed by atoms with van der Waals surface area (Å²) in [7, 11) is -4.09. The van der Waals surface area contributed by atoms with Gasteiger partial charge in [-0.15, -0.1) is 0 Å². The Bertz CT molecular complexity index is 741. The van der Waals surface area contributed by atoms with Gasteiger partial charge in [0.1, 0.15) is 17.3 Å². The molecule has 2 aromatic rings. The number of hydrogen-bond donors (Lipinski definition) is 2. The Labute approximate surface area is 115 Å². The van der Waals surface area contributed by atoms with Crippen LogP contribution in [0.2, 0.25) is 0 Å². The van der Waals surface area contributed by atoms with Crippen molar-refractivity contribution in [3.63, 3.8) is 0 Å². The monoisotopic (exact) mass is 298 g/mol. The van der Waals surface area contributed by atoms with Crippen LogP contribution in [0.3, 0.4) is 0 Å². The molecule has 0 aliphatic carbocycles. The quantitative estimate of drug-likeness (QED) is 0.856. The topological polar surface area (TPSA) is 72.2 Å². The van der Waals surface area contributed by atoms with Gasteiger partial charge in [-0.25, -0.2) is 17.2 Å². The second-order valence-corrected chi connectivity index (χ2v) is 5.88. The molecule has 0 saturated heterocycles. The van der Waals surface area contributed by atoms with Crippen molar-refractivity contribution >= 4 is 21.4 Å². The number of para-hydroxylation sites is 1. The molecule has 0 spiro atoms. The van der Waals surface area contributed by atoms with E-state index in [1.54, 1.807) is 6.92 Å². The van der Waals surface area contributed by atoms with Crippen molar-refractivity contribution in [2.75, 3.05) is 10.5 Å². The van der Waals surface area contributed by atoms with E-state index in [4.69, 9.17) is 5.73 Å². The van der Waals surface area contributed by atoms with Crippen molar-refractivity contribution in [2.45, 2.75) is 11.8 Å². The normalized spacial score (nSPS) is 11.3. The zero-order chi connectivity index (χ0) is 14.9. The number of rotatable bonds is 3. The van der Waals surface area contributed by atoms with E-state index in [9.17, 15) is 17.2 Å². The maximum Gasteiger partial charge on any atom is 0.262 e. The van der Waals surface area contributed by atoms with Crippen LogP contribution in [0.5, 0.6) is 0 Å². The maximum absolute atomic E-state index is 13.5. The highest BCUT2D eigenvalue weighted by atomic mass is 32.2. The first-order valence-corrected chi connectivity index (χ1v) is 7.12. The standard InChI is InChI=1S/C13H12F2N2O2S/c1-8-7-9(16)5-6-12(8)20(18,19)17-13-10(14)3-2-4-11(13)15/h2-7,17H,16H2,1H3. The molecule has 0 saturated carbocycles. The minimum atomic E-state index is -4.09. The molecule has 0 bridgehead atoms. The van der Waals surface area contributed by atoms with Gasteiger partial charge >= 0.3 is 0 Å². The third kappa shape index (κ3) is 2.72. The summed E-state index contributed by atoms with van der Waals surface area (Å²) in [4.78, 5) is -0.0886. The number of nitrogen functional groups attached to an aromatic ring is 1. The summed E-state index contributed by atoms with van der Waals surface area (Å²) in [5, 5.41) is 0. The predicted molar refractivity (Wildman–Crippen MR) is 72.8 cm³/mol. The minimum Gasteiger partial charge on any atom is -0.399 e. The highest BCUT2D eigenvalue weighted by molar-refractivity contribution is 7.92. The SMILES string of the molecule is Cc1cc(N)ccc1S(=O)(=O)Nc1c(F)cccc1F. The summed E-state index contributed by atoms with van der Waals surface area (Å²) < 4.78 is 53.2. The second kappa shape index (κ2) is 5.09. The van der Waals surface area contributed by atoms with E-state index in [0.29, 0.717) is 11.3 Å². The molecular formula is C13H12F2N2O2S. The Morgan fingerprint density at radius 3 is 2.25 bits per heavy atom. The molecule has 0 aromatic heterocycles. The summed E-state index contributed by atoms with van der Waals surface area (Å²) in [6.07, 6.45) is 0. The van der Waals surface area contributed by atoms with Gasteiger partial charge in [0.15, 0.2) is 0 Å². The Kier molecular flexibility index (Phi) is 3.63. The molecule has 0 atom stereocenters. The molecule has 0 amide bonds. The van der Waals surface area contributed by atoms with E-state index < -0.39 is 27.3 Å². The van der Waals surface area contributed by atoms with Crippen molar-refractivity contribution in [3.05, 3.63) is 53.6 Å². The van der Waals surface area contributed by atoms with Gasteiger partial charge in [0.05, 0.1) is 4.90 Å². The fraction of sp³-hybridized carbons (Fsp3) is 0.0769. The average molecular weight is 298 g/mol. The van der Waals surface area contributed by atoms with Gasteiger partial charge in [-0.2, -0.15) is 0 Å². The lowest BCUT2D eigenvalue weighted by Crippen LogP contribution is -2.16. The number of nitrogens with two attached hydrogens (primary N) is 1.